The first-order valence-corrected chi connectivity index (χ1v) is 11.3. The van der Waals surface area contributed by atoms with Crippen LogP contribution in [0.2, 0.25) is 5.02 Å². The van der Waals surface area contributed by atoms with Crippen molar-refractivity contribution < 1.29 is 4.74 Å². The summed E-state index contributed by atoms with van der Waals surface area (Å²) >= 11 is 12.0. The van der Waals surface area contributed by atoms with E-state index in [1.807, 2.05) is 35.1 Å². The van der Waals surface area contributed by atoms with Crippen LogP contribution in [0.3, 0.4) is 0 Å². The van der Waals surface area contributed by atoms with Crippen LogP contribution in [-0.4, -0.2) is 55.4 Å². The highest BCUT2D eigenvalue weighted by molar-refractivity contribution is 7.71. The van der Waals surface area contributed by atoms with E-state index in [-0.39, 0.29) is 0 Å². The van der Waals surface area contributed by atoms with Gasteiger partial charge in [0.05, 0.1) is 17.9 Å². The van der Waals surface area contributed by atoms with Crippen LogP contribution >= 0.6 is 23.8 Å². The third-order valence-electron chi connectivity index (χ3n) is 5.63. The molecule has 1 aliphatic heterocycles. The van der Waals surface area contributed by atoms with E-state index < -0.39 is 0 Å². The van der Waals surface area contributed by atoms with E-state index in [1.165, 1.54) is 0 Å². The summed E-state index contributed by atoms with van der Waals surface area (Å²) in [5.41, 5.74) is 0. The fourth-order valence-electron chi connectivity index (χ4n) is 3.82. The summed E-state index contributed by atoms with van der Waals surface area (Å²) in [6.07, 6.45) is 7.52. The van der Waals surface area contributed by atoms with Crippen molar-refractivity contribution in [3.63, 3.8) is 0 Å². The lowest BCUT2D eigenvalue weighted by Crippen LogP contribution is -2.47. The van der Waals surface area contributed by atoms with E-state index in [9.17, 15) is 0 Å². The lowest BCUT2D eigenvalue weighted by Gasteiger charge is -2.34. The smallest absolute Gasteiger partial charge is 0.199 e. The van der Waals surface area contributed by atoms with Gasteiger partial charge < -0.3 is 9.64 Å². The number of ether oxygens (including phenoxy) is 1. The van der Waals surface area contributed by atoms with E-state index >= 15 is 0 Å². The van der Waals surface area contributed by atoms with Crippen molar-refractivity contribution in [2.24, 2.45) is 0 Å². The molecule has 1 aromatic carbocycles. The van der Waals surface area contributed by atoms with Crippen LogP contribution in [0.4, 0.5) is 5.82 Å². The highest BCUT2D eigenvalue weighted by Crippen LogP contribution is 2.36. The fraction of sp³-hybridized carbons (Fsp3) is 0.429. The number of anilines is 1. The Morgan fingerprint density at radius 3 is 2.61 bits per heavy atom. The summed E-state index contributed by atoms with van der Waals surface area (Å²) in [7, 11) is 0. The van der Waals surface area contributed by atoms with Crippen LogP contribution in [0.5, 0.6) is 5.75 Å². The maximum Gasteiger partial charge on any atom is 0.199 e. The second-order valence-corrected chi connectivity index (χ2v) is 8.60. The third-order valence-corrected chi connectivity index (χ3v) is 6.35. The monoisotopic (exact) mass is 457 g/mol. The largest absolute Gasteiger partial charge is 0.484 e. The number of aromatic nitrogens is 5. The van der Waals surface area contributed by atoms with Crippen molar-refractivity contribution in [3.8, 4) is 5.75 Å². The standard InChI is InChI=1S/C21H24ClN7OS/c22-17-3-1-2-4-18(17)30-14-20-25-28(21(31)29(20)16-5-6-16)15-26-9-11-27(12-10-26)19-13-23-7-8-24-19/h1-4,7-8,13,16H,5-6,9-12,14-15H2. The maximum atomic E-state index is 6.23. The molecule has 1 aliphatic carbocycles. The number of rotatable bonds is 7. The van der Waals surface area contributed by atoms with Crippen LogP contribution in [0.15, 0.2) is 42.9 Å². The van der Waals surface area contributed by atoms with Crippen LogP contribution in [-0.2, 0) is 13.3 Å². The van der Waals surface area contributed by atoms with Gasteiger partial charge in [-0.1, -0.05) is 23.7 Å². The minimum absolute atomic E-state index is 0.345. The van der Waals surface area contributed by atoms with Gasteiger partial charge in [0.15, 0.2) is 10.6 Å². The summed E-state index contributed by atoms with van der Waals surface area (Å²) in [5, 5.41) is 5.41. The van der Waals surface area contributed by atoms with Gasteiger partial charge in [0.2, 0.25) is 0 Å². The van der Waals surface area contributed by atoms with Gasteiger partial charge in [-0.2, -0.15) is 5.10 Å². The van der Waals surface area contributed by atoms with Gasteiger partial charge >= 0.3 is 0 Å². The topological polar surface area (TPSA) is 64.2 Å². The maximum absolute atomic E-state index is 6.23. The zero-order chi connectivity index (χ0) is 21.2. The van der Waals surface area contributed by atoms with Gasteiger partial charge in [-0.15, -0.1) is 0 Å². The Morgan fingerprint density at radius 1 is 1.10 bits per heavy atom. The zero-order valence-corrected chi connectivity index (χ0v) is 18.7. The molecule has 0 unspecified atom stereocenters. The zero-order valence-electron chi connectivity index (χ0n) is 17.1. The molecule has 3 heterocycles. The molecule has 0 N–H and O–H groups in total. The number of hydrogen-bond acceptors (Lipinski definition) is 7. The summed E-state index contributed by atoms with van der Waals surface area (Å²) in [5.74, 6) is 2.44. The van der Waals surface area contributed by atoms with E-state index in [4.69, 9.17) is 33.7 Å². The van der Waals surface area contributed by atoms with Gasteiger partial charge in [-0.3, -0.25) is 14.5 Å². The van der Waals surface area contributed by atoms with Gasteiger partial charge in [0.1, 0.15) is 18.2 Å². The van der Waals surface area contributed by atoms with E-state index in [2.05, 4.69) is 24.3 Å². The molecule has 0 radical (unpaired) electrons. The van der Waals surface area contributed by atoms with Crippen molar-refractivity contribution in [3.05, 3.63) is 58.5 Å². The molecule has 0 spiro atoms. The fourth-order valence-corrected chi connectivity index (χ4v) is 4.36. The summed E-state index contributed by atoms with van der Waals surface area (Å²) in [4.78, 5) is 13.2. The molecule has 3 aromatic rings. The Bertz CT molecular complexity index is 1090. The number of nitrogens with zero attached hydrogens (tertiary/aromatic N) is 7. The van der Waals surface area contributed by atoms with Gasteiger partial charge in [-0.05, 0) is 37.2 Å². The van der Waals surface area contributed by atoms with Crippen molar-refractivity contribution >= 4 is 29.6 Å². The molecule has 0 bridgehead atoms. The number of para-hydroxylation sites is 1. The second-order valence-electron chi connectivity index (χ2n) is 7.83. The molecule has 8 nitrogen and oxygen atoms in total. The molecule has 2 fully saturated rings. The predicted octanol–water partition coefficient (Wildman–Crippen LogP) is 3.55. The van der Waals surface area contributed by atoms with E-state index in [0.29, 0.717) is 30.1 Å². The number of benzene rings is 1. The second kappa shape index (κ2) is 8.94. The third kappa shape index (κ3) is 4.58. The number of piperazine rings is 1. The molecule has 2 aliphatic rings. The molecule has 1 saturated carbocycles. The molecule has 0 amide bonds. The Morgan fingerprint density at radius 2 is 1.90 bits per heavy atom. The number of hydrogen-bond donors (Lipinski definition) is 0. The molecule has 31 heavy (non-hydrogen) atoms. The highest BCUT2D eigenvalue weighted by Gasteiger charge is 2.29. The number of halogens is 1. The Balaban J connectivity index is 1.26. The molecule has 0 atom stereocenters. The van der Waals surface area contributed by atoms with Crippen molar-refractivity contribution in [1.82, 2.24) is 29.2 Å². The van der Waals surface area contributed by atoms with Crippen molar-refractivity contribution in [2.45, 2.75) is 32.2 Å². The SMILES string of the molecule is S=c1n(CN2CCN(c3cnccn3)CC2)nc(COc2ccccc2Cl)n1C1CC1. The Kier molecular flexibility index (Phi) is 5.89. The first-order valence-electron chi connectivity index (χ1n) is 10.5. The average Bonchev–Trinajstić information content (AvgIpc) is 3.59. The quantitative estimate of drug-likeness (QED) is 0.502. The van der Waals surface area contributed by atoms with Crippen LogP contribution < -0.4 is 9.64 Å². The first-order chi connectivity index (χ1) is 15.2. The summed E-state index contributed by atoms with van der Waals surface area (Å²) in [6.45, 7) is 4.65. The Labute approximate surface area is 191 Å². The first kappa shape index (κ1) is 20.4. The van der Waals surface area contributed by atoms with Crippen molar-refractivity contribution in [1.29, 1.82) is 0 Å². The highest BCUT2D eigenvalue weighted by atomic mass is 35.5. The van der Waals surface area contributed by atoms with Gasteiger partial charge in [0, 0.05) is 44.6 Å². The Hall–Kier alpha value is -2.49. The molecular formula is C21H24ClN7OS. The minimum atomic E-state index is 0.345. The van der Waals surface area contributed by atoms with Crippen LogP contribution in [0.25, 0.3) is 0 Å². The van der Waals surface area contributed by atoms with Crippen molar-refractivity contribution in [2.75, 3.05) is 31.1 Å². The lowest BCUT2D eigenvalue weighted by molar-refractivity contribution is 0.192. The van der Waals surface area contributed by atoms with Gasteiger partial charge in [-0.25, -0.2) is 9.67 Å². The molecule has 5 rings (SSSR count). The van der Waals surface area contributed by atoms with E-state index in [1.54, 1.807) is 12.4 Å². The molecule has 2 aromatic heterocycles. The summed E-state index contributed by atoms with van der Waals surface area (Å²) < 4.78 is 10.8. The molecule has 1 saturated heterocycles. The average molecular weight is 458 g/mol. The van der Waals surface area contributed by atoms with Crippen LogP contribution in [0, 0.1) is 4.77 Å². The lowest BCUT2D eigenvalue weighted by atomic mass is 10.3. The molecular weight excluding hydrogens is 434 g/mol. The predicted molar refractivity (Wildman–Crippen MR) is 121 cm³/mol. The van der Waals surface area contributed by atoms with Gasteiger partial charge in [0.25, 0.3) is 0 Å². The van der Waals surface area contributed by atoms with E-state index in [0.717, 1.165) is 55.4 Å². The normalized spacial score (nSPS) is 17.1. The summed E-state index contributed by atoms with van der Waals surface area (Å²) in [6, 6.07) is 7.92. The molecule has 162 valence electrons. The van der Waals surface area contributed by atoms with Crippen LogP contribution in [0.1, 0.15) is 24.7 Å². The minimum Gasteiger partial charge on any atom is -0.484 e. The molecule has 10 heteroatoms.